The van der Waals surface area contributed by atoms with Gasteiger partial charge in [0.15, 0.2) is 5.96 Å². The van der Waals surface area contributed by atoms with Gasteiger partial charge in [0.1, 0.15) is 0 Å². The van der Waals surface area contributed by atoms with Crippen LogP contribution in [0.15, 0.2) is 29.3 Å². The number of hydrogen-bond acceptors (Lipinski definition) is 4. The Labute approximate surface area is 217 Å². The number of rotatable bonds is 7. The van der Waals surface area contributed by atoms with Gasteiger partial charge in [-0.3, -0.25) is 0 Å². The Bertz CT molecular complexity index is 706. The smallest absolute Gasteiger partial charge is 0.191 e. The van der Waals surface area contributed by atoms with E-state index in [9.17, 15) is 5.11 Å². The molecule has 0 aromatic heterocycles. The number of aliphatic hydroxyl groups excluding tert-OH is 1. The van der Waals surface area contributed by atoms with Crippen LogP contribution in [-0.2, 0) is 6.54 Å². The minimum absolute atomic E-state index is 0. The number of nitrogens with zero attached hydrogens (tertiary/aromatic N) is 3. The molecule has 0 atom stereocenters. The first-order valence-electron chi connectivity index (χ1n) is 13.0. The number of aliphatic hydroxyl groups is 1. The average molecular weight is 570 g/mol. The molecule has 1 aromatic carbocycles. The summed E-state index contributed by atoms with van der Waals surface area (Å²) in [5, 5.41) is 16.5. The molecule has 2 saturated heterocycles. The molecular formula is C26H44IN5O. The van der Waals surface area contributed by atoms with Gasteiger partial charge in [-0.2, -0.15) is 0 Å². The van der Waals surface area contributed by atoms with Gasteiger partial charge in [-0.25, -0.2) is 4.99 Å². The summed E-state index contributed by atoms with van der Waals surface area (Å²) < 4.78 is 0. The van der Waals surface area contributed by atoms with E-state index in [-0.39, 0.29) is 24.0 Å². The van der Waals surface area contributed by atoms with Crippen LogP contribution in [0, 0.1) is 5.92 Å². The van der Waals surface area contributed by atoms with Crippen molar-refractivity contribution in [1.29, 1.82) is 0 Å². The predicted molar refractivity (Wildman–Crippen MR) is 149 cm³/mol. The van der Waals surface area contributed by atoms with E-state index in [2.05, 4.69) is 51.6 Å². The van der Waals surface area contributed by atoms with Gasteiger partial charge >= 0.3 is 0 Å². The van der Waals surface area contributed by atoms with E-state index in [1.54, 1.807) is 0 Å². The minimum Gasteiger partial charge on any atom is -0.396 e. The maximum atomic E-state index is 9.34. The first-order valence-corrected chi connectivity index (χ1v) is 13.0. The summed E-state index contributed by atoms with van der Waals surface area (Å²) in [6.45, 7) is 8.56. The molecule has 33 heavy (non-hydrogen) atoms. The molecule has 0 radical (unpaired) electrons. The van der Waals surface area contributed by atoms with Gasteiger partial charge < -0.3 is 25.5 Å². The highest BCUT2D eigenvalue weighted by Gasteiger charge is 2.27. The SMILES string of the molecule is CCNC(=NCc1ccc(N2CCC(CO)CC2)cc1)NC1CCN(C2CCCC2)CC1.I. The number of anilines is 1. The molecule has 0 unspecified atom stereocenters. The Kier molecular flexibility index (Phi) is 11.0. The number of piperidine rings is 2. The van der Waals surface area contributed by atoms with Crippen LogP contribution in [-0.4, -0.2) is 67.4 Å². The third-order valence-electron chi connectivity index (χ3n) is 7.65. The molecular weight excluding hydrogens is 525 g/mol. The monoisotopic (exact) mass is 569 g/mol. The topological polar surface area (TPSA) is 63.1 Å². The van der Waals surface area contributed by atoms with Crippen LogP contribution in [0.4, 0.5) is 5.69 Å². The predicted octanol–water partition coefficient (Wildman–Crippen LogP) is 3.98. The van der Waals surface area contributed by atoms with Crippen LogP contribution in [0.25, 0.3) is 0 Å². The molecule has 186 valence electrons. The maximum Gasteiger partial charge on any atom is 0.191 e. The summed E-state index contributed by atoms with van der Waals surface area (Å²) in [6.07, 6.45) is 10.2. The Hall–Kier alpha value is -1.06. The van der Waals surface area contributed by atoms with E-state index in [4.69, 9.17) is 4.99 Å². The van der Waals surface area contributed by atoms with Gasteiger partial charge in [-0.15, -0.1) is 24.0 Å². The molecule has 1 aromatic rings. The molecule has 2 heterocycles. The van der Waals surface area contributed by atoms with Crippen molar-refractivity contribution in [3.05, 3.63) is 29.8 Å². The zero-order valence-corrected chi connectivity index (χ0v) is 22.7. The quantitative estimate of drug-likeness (QED) is 0.264. The summed E-state index contributed by atoms with van der Waals surface area (Å²) in [5.74, 6) is 1.42. The minimum atomic E-state index is 0. The average Bonchev–Trinajstić information content (AvgIpc) is 3.39. The fourth-order valence-corrected chi connectivity index (χ4v) is 5.55. The highest BCUT2D eigenvalue weighted by Crippen LogP contribution is 2.26. The summed E-state index contributed by atoms with van der Waals surface area (Å²) in [6, 6.07) is 10.2. The van der Waals surface area contributed by atoms with Gasteiger partial charge in [0.05, 0.1) is 6.54 Å². The Morgan fingerprint density at radius 1 is 0.970 bits per heavy atom. The fraction of sp³-hybridized carbons (Fsp3) is 0.731. The number of aliphatic imine (C=N–C) groups is 1. The summed E-state index contributed by atoms with van der Waals surface area (Å²) in [5.41, 5.74) is 2.53. The number of benzene rings is 1. The number of guanidine groups is 1. The van der Waals surface area contributed by atoms with Crippen molar-refractivity contribution in [3.8, 4) is 0 Å². The molecule has 3 aliphatic rings. The van der Waals surface area contributed by atoms with Gasteiger partial charge in [-0.1, -0.05) is 25.0 Å². The van der Waals surface area contributed by atoms with Crippen LogP contribution in [0.1, 0.15) is 63.9 Å². The third-order valence-corrected chi connectivity index (χ3v) is 7.65. The first kappa shape index (κ1) is 26.5. The van der Waals surface area contributed by atoms with E-state index in [0.29, 0.717) is 25.1 Å². The van der Waals surface area contributed by atoms with Crippen LogP contribution in [0.2, 0.25) is 0 Å². The highest BCUT2D eigenvalue weighted by atomic mass is 127. The molecule has 0 spiro atoms. The normalized spacial score (nSPS) is 21.8. The highest BCUT2D eigenvalue weighted by molar-refractivity contribution is 14.0. The van der Waals surface area contributed by atoms with E-state index < -0.39 is 0 Å². The van der Waals surface area contributed by atoms with Crippen molar-refractivity contribution < 1.29 is 5.11 Å². The molecule has 2 aliphatic heterocycles. The lowest BCUT2D eigenvalue weighted by atomic mass is 9.97. The van der Waals surface area contributed by atoms with Crippen molar-refractivity contribution in [2.75, 3.05) is 44.2 Å². The van der Waals surface area contributed by atoms with E-state index in [1.165, 1.54) is 62.9 Å². The summed E-state index contributed by atoms with van der Waals surface area (Å²) in [4.78, 5) is 10.0. The molecule has 6 nitrogen and oxygen atoms in total. The molecule has 7 heteroatoms. The second-order valence-corrected chi connectivity index (χ2v) is 9.87. The lowest BCUT2D eigenvalue weighted by Gasteiger charge is -2.36. The molecule has 1 saturated carbocycles. The van der Waals surface area contributed by atoms with Crippen molar-refractivity contribution in [2.45, 2.75) is 76.9 Å². The first-order chi connectivity index (χ1) is 15.7. The van der Waals surface area contributed by atoms with Gasteiger partial charge in [0.2, 0.25) is 0 Å². The van der Waals surface area contributed by atoms with E-state index in [0.717, 1.165) is 44.5 Å². The number of hydrogen-bond donors (Lipinski definition) is 3. The number of halogens is 1. The Morgan fingerprint density at radius 3 is 2.24 bits per heavy atom. The molecule has 3 N–H and O–H groups in total. The van der Waals surface area contributed by atoms with Gasteiger partial charge in [-0.05, 0) is 69.1 Å². The second kappa shape index (κ2) is 13.7. The van der Waals surface area contributed by atoms with Gasteiger partial charge in [0.25, 0.3) is 0 Å². The van der Waals surface area contributed by atoms with E-state index >= 15 is 0 Å². The molecule has 4 rings (SSSR count). The molecule has 1 aliphatic carbocycles. The standard InChI is InChI=1S/C26H43N5O.HI/c1-2-27-26(29-23-13-17-31(18-14-23)24-5-3-4-6-24)28-19-21-7-9-25(10-8-21)30-15-11-22(20-32)12-16-30;/h7-10,22-24,32H,2-6,11-20H2,1H3,(H2,27,28,29);1H. The van der Waals surface area contributed by atoms with E-state index in [1.807, 2.05) is 0 Å². The third kappa shape index (κ3) is 7.72. The zero-order chi connectivity index (χ0) is 22.2. The van der Waals surface area contributed by atoms with Crippen molar-refractivity contribution >= 4 is 35.6 Å². The summed E-state index contributed by atoms with van der Waals surface area (Å²) >= 11 is 0. The second-order valence-electron chi connectivity index (χ2n) is 9.87. The van der Waals surface area contributed by atoms with Crippen LogP contribution in [0.3, 0.4) is 0 Å². The van der Waals surface area contributed by atoms with Crippen LogP contribution < -0.4 is 15.5 Å². The zero-order valence-electron chi connectivity index (χ0n) is 20.3. The number of nitrogens with one attached hydrogen (secondary N) is 2. The molecule has 0 bridgehead atoms. The fourth-order valence-electron chi connectivity index (χ4n) is 5.55. The van der Waals surface area contributed by atoms with Gasteiger partial charge in [0, 0.05) is 57.1 Å². The molecule has 3 fully saturated rings. The van der Waals surface area contributed by atoms with Crippen LogP contribution >= 0.6 is 24.0 Å². The van der Waals surface area contributed by atoms with Crippen molar-refractivity contribution in [3.63, 3.8) is 0 Å². The van der Waals surface area contributed by atoms with Crippen molar-refractivity contribution in [2.24, 2.45) is 10.9 Å². The number of likely N-dealkylation sites (tertiary alicyclic amines) is 1. The largest absolute Gasteiger partial charge is 0.396 e. The Morgan fingerprint density at radius 2 is 1.64 bits per heavy atom. The summed E-state index contributed by atoms with van der Waals surface area (Å²) in [7, 11) is 0. The van der Waals surface area contributed by atoms with Crippen LogP contribution in [0.5, 0.6) is 0 Å². The maximum absolute atomic E-state index is 9.34. The van der Waals surface area contributed by atoms with Crippen molar-refractivity contribution in [1.82, 2.24) is 15.5 Å². The molecule has 0 amide bonds. The lowest BCUT2D eigenvalue weighted by Crippen LogP contribution is -2.50. The Balaban J connectivity index is 0.00000306. The lowest BCUT2D eigenvalue weighted by molar-refractivity contribution is 0.150.